The van der Waals surface area contributed by atoms with Gasteiger partial charge in [-0.25, -0.2) is 0 Å². The first-order valence-electron chi connectivity index (χ1n) is 5.08. The first kappa shape index (κ1) is 12.6. The normalized spacial score (nSPS) is 12.3. The topological polar surface area (TPSA) is 0 Å². The lowest BCUT2D eigenvalue weighted by Crippen LogP contribution is -1.94. The molecule has 82 valence electrons. The van der Waals surface area contributed by atoms with Crippen molar-refractivity contribution < 1.29 is 0 Å². The van der Waals surface area contributed by atoms with E-state index in [1.54, 1.807) is 0 Å². The monoisotopic (exact) mass is 242 g/mol. The van der Waals surface area contributed by atoms with Gasteiger partial charge < -0.3 is 0 Å². The molecule has 0 bridgehead atoms. The summed E-state index contributed by atoms with van der Waals surface area (Å²) in [4.78, 5) is 0. The molecule has 0 radical (unpaired) electrons. The van der Waals surface area contributed by atoms with Gasteiger partial charge in [-0.05, 0) is 37.3 Å². The van der Waals surface area contributed by atoms with E-state index < -0.39 is 0 Å². The Bertz CT molecular complexity index is 345. The van der Waals surface area contributed by atoms with Crippen LogP contribution >= 0.6 is 23.2 Å². The Labute approximate surface area is 102 Å². The van der Waals surface area contributed by atoms with Gasteiger partial charge in [-0.15, -0.1) is 0 Å². The van der Waals surface area contributed by atoms with Crippen LogP contribution in [0.1, 0.15) is 37.3 Å². The molecule has 1 unspecified atom stereocenters. The fourth-order valence-corrected chi connectivity index (χ4v) is 1.70. The largest absolute Gasteiger partial charge is 0.105 e. The Morgan fingerprint density at radius 3 is 2.20 bits per heavy atom. The molecule has 0 amide bonds. The van der Waals surface area contributed by atoms with Crippen LogP contribution in [0.5, 0.6) is 0 Å². The maximum Gasteiger partial charge on any atom is 0.105 e. The van der Waals surface area contributed by atoms with Gasteiger partial charge in [0.2, 0.25) is 0 Å². The molecule has 0 aromatic heterocycles. The summed E-state index contributed by atoms with van der Waals surface area (Å²) >= 11 is 11.5. The molecule has 15 heavy (non-hydrogen) atoms. The van der Waals surface area contributed by atoms with Crippen molar-refractivity contribution in [1.82, 2.24) is 0 Å². The van der Waals surface area contributed by atoms with E-state index in [0.717, 1.165) is 12.0 Å². The fourth-order valence-electron chi connectivity index (χ4n) is 1.55. The summed E-state index contributed by atoms with van der Waals surface area (Å²) in [6, 6.07) is 8.59. The minimum atomic E-state index is 0.397. The lowest BCUT2D eigenvalue weighted by Gasteiger charge is -2.12. The number of hydrogen-bond donors (Lipinski definition) is 0. The van der Waals surface area contributed by atoms with Crippen LogP contribution in [-0.4, -0.2) is 0 Å². The molecule has 1 atom stereocenters. The highest BCUT2D eigenvalue weighted by atomic mass is 35.5. The molecule has 0 heterocycles. The standard InChI is InChI=1S/C13H16Cl2/c1-9-4-6-12(7-5-9)10(2)8-11(3)13(14)15/h4-7,10H,8H2,1-3H3. The summed E-state index contributed by atoms with van der Waals surface area (Å²) in [5.74, 6) is 0.457. The second kappa shape index (κ2) is 5.58. The molecule has 0 nitrogen and oxygen atoms in total. The van der Waals surface area contributed by atoms with Crippen LogP contribution in [0.3, 0.4) is 0 Å². The summed E-state index contributed by atoms with van der Waals surface area (Å²) < 4.78 is 0.397. The van der Waals surface area contributed by atoms with E-state index in [-0.39, 0.29) is 0 Å². The Hall–Kier alpha value is -0.460. The lowest BCUT2D eigenvalue weighted by atomic mass is 9.94. The highest BCUT2D eigenvalue weighted by molar-refractivity contribution is 6.56. The van der Waals surface area contributed by atoms with Gasteiger partial charge in [-0.2, -0.15) is 0 Å². The lowest BCUT2D eigenvalue weighted by molar-refractivity contribution is 0.751. The van der Waals surface area contributed by atoms with Gasteiger partial charge in [0, 0.05) is 0 Å². The molecule has 2 heteroatoms. The average molecular weight is 243 g/mol. The third kappa shape index (κ3) is 3.89. The van der Waals surface area contributed by atoms with Crippen molar-refractivity contribution in [3.05, 3.63) is 45.5 Å². The summed E-state index contributed by atoms with van der Waals surface area (Å²) in [6.45, 7) is 6.25. The molecule has 1 aromatic rings. The molecule has 0 saturated heterocycles. The van der Waals surface area contributed by atoms with Crippen LogP contribution in [-0.2, 0) is 0 Å². The third-order valence-electron chi connectivity index (χ3n) is 2.58. The number of allylic oxidation sites excluding steroid dienone is 1. The molecule has 0 aliphatic heterocycles. The molecule has 0 spiro atoms. The quantitative estimate of drug-likeness (QED) is 0.684. The summed E-state index contributed by atoms with van der Waals surface area (Å²) in [6.07, 6.45) is 0.908. The van der Waals surface area contributed by atoms with E-state index in [4.69, 9.17) is 23.2 Å². The second-order valence-corrected chi connectivity index (χ2v) is 5.01. The van der Waals surface area contributed by atoms with E-state index in [9.17, 15) is 0 Å². The molecular formula is C13H16Cl2. The van der Waals surface area contributed by atoms with Crippen LogP contribution in [0, 0.1) is 6.92 Å². The van der Waals surface area contributed by atoms with Crippen molar-refractivity contribution in [2.24, 2.45) is 0 Å². The second-order valence-electron chi connectivity index (χ2n) is 4.06. The molecule has 0 saturated carbocycles. The molecule has 0 aliphatic carbocycles. The zero-order valence-electron chi connectivity index (χ0n) is 9.35. The van der Waals surface area contributed by atoms with Gasteiger partial charge in [-0.1, -0.05) is 60.0 Å². The molecular weight excluding hydrogens is 227 g/mol. The molecule has 0 aliphatic rings. The van der Waals surface area contributed by atoms with E-state index >= 15 is 0 Å². The Balaban J connectivity index is 2.73. The van der Waals surface area contributed by atoms with Gasteiger partial charge >= 0.3 is 0 Å². The highest BCUT2D eigenvalue weighted by Crippen LogP contribution is 2.27. The van der Waals surface area contributed by atoms with Crippen LogP contribution in [0.25, 0.3) is 0 Å². The number of hydrogen-bond acceptors (Lipinski definition) is 0. The maximum atomic E-state index is 5.73. The van der Waals surface area contributed by atoms with Gasteiger partial charge in [0.25, 0.3) is 0 Å². The van der Waals surface area contributed by atoms with E-state index in [1.165, 1.54) is 11.1 Å². The Kier molecular flexibility index (Phi) is 4.69. The number of rotatable bonds is 3. The zero-order chi connectivity index (χ0) is 11.4. The SMILES string of the molecule is CC(CC(C)c1ccc(C)cc1)=C(Cl)Cl. The van der Waals surface area contributed by atoms with Crippen LogP contribution < -0.4 is 0 Å². The highest BCUT2D eigenvalue weighted by Gasteiger charge is 2.07. The minimum Gasteiger partial charge on any atom is -0.0710 e. The number of benzene rings is 1. The fraction of sp³-hybridized carbons (Fsp3) is 0.385. The zero-order valence-corrected chi connectivity index (χ0v) is 10.9. The van der Waals surface area contributed by atoms with Gasteiger partial charge in [-0.3, -0.25) is 0 Å². The average Bonchev–Trinajstić information content (AvgIpc) is 2.18. The minimum absolute atomic E-state index is 0.397. The van der Waals surface area contributed by atoms with E-state index in [0.29, 0.717) is 10.4 Å². The van der Waals surface area contributed by atoms with Gasteiger partial charge in [0.15, 0.2) is 0 Å². The van der Waals surface area contributed by atoms with Gasteiger partial charge in [0.1, 0.15) is 4.49 Å². The number of halogens is 2. The van der Waals surface area contributed by atoms with Crippen LogP contribution in [0.4, 0.5) is 0 Å². The van der Waals surface area contributed by atoms with Crippen molar-refractivity contribution in [2.45, 2.75) is 33.1 Å². The first-order chi connectivity index (χ1) is 7.00. The van der Waals surface area contributed by atoms with Crippen LogP contribution in [0.2, 0.25) is 0 Å². The molecule has 0 N–H and O–H groups in total. The first-order valence-corrected chi connectivity index (χ1v) is 5.83. The van der Waals surface area contributed by atoms with Crippen molar-refractivity contribution >= 4 is 23.2 Å². The van der Waals surface area contributed by atoms with Crippen molar-refractivity contribution in [3.8, 4) is 0 Å². The van der Waals surface area contributed by atoms with E-state index in [2.05, 4.69) is 38.1 Å². The Morgan fingerprint density at radius 2 is 1.73 bits per heavy atom. The predicted molar refractivity (Wildman–Crippen MR) is 68.6 cm³/mol. The molecule has 1 aromatic carbocycles. The Morgan fingerprint density at radius 1 is 1.20 bits per heavy atom. The van der Waals surface area contributed by atoms with Crippen molar-refractivity contribution in [2.75, 3.05) is 0 Å². The third-order valence-corrected chi connectivity index (χ3v) is 3.23. The summed E-state index contributed by atoms with van der Waals surface area (Å²) in [5.41, 5.74) is 3.66. The smallest absolute Gasteiger partial charge is 0.0710 e. The molecule has 1 rings (SSSR count). The van der Waals surface area contributed by atoms with E-state index in [1.807, 2.05) is 6.92 Å². The summed E-state index contributed by atoms with van der Waals surface area (Å²) in [5, 5.41) is 0. The maximum absolute atomic E-state index is 5.73. The molecule has 0 fully saturated rings. The number of aryl methyl sites for hydroxylation is 1. The van der Waals surface area contributed by atoms with Crippen molar-refractivity contribution in [1.29, 1.82) is 0 Å². The predicted octanol–water partition coefficient (Wildman–Crippen LogP) is 5.20. The van der Waals surface area contributed by atoms with Crippen molar-refractivity contribution in [3.63, 3.8) is 0 Å². The van der Waals surface area contributed by atoms with Crippen LogP contribution in [0.15, 0.2) is 34.3 Å². The summed E-state index contributed by atoms with van der Waals surface area (Å²) in [7, 11) is 0. The van der Waals surface area contributed by atoms with Gasteiger partial charge in [0.05, 0.1) is 0 Å².